The van der Waals surface area contributed by atoms with Crippen LogP contribution in [0.4, 0.5) is 34.1 Å². The standard InChI is InChI=1S/C41H29Cl7N8O7/c1-19(57)36(55-53-29-13-3-7-22(32(29)45)38(59)51-27-11-5-9-24(43)34(27)47)40(61)49-21-15-16-26(31(17-21)63-18-42)50-41(62)37(20(2)58)56-54-30-14-4-8-23(33(30)46)39(60)52-28-12-6-10-25(44)35(28)48/h3-17,36-37H,18H2,1-2H3,(H,49,61)(H,50,62)(H,51,59)(H,52,60). The average molecular weight is 994 g/mol. The lowest BCUT2D eigenvalue weighted by molar-refractivity contribution is -0.127. The van der Waals surface area contributed by atoms with E-state index in [0.717, 1.165) is 13.8 Å². The Bertz CT molecular complexity index is 2700. The van der Waals surface area contributed by atoms with Gasteiger partial charge in [0.1, 0.15) is 17.1 Å². The minimum atomic E-state index is -1.70. The van der Waals surface area contributed by atoms with Crippen molar-refractivity contribution in [2.24, 2.45) is 20.5 Å². The molecule has 0 aromatic heterocycles. The summed E-state index contributed by atoms with van der Waals surface area (Å²) < 4.78 is 5.46. The smallest absolute Gasteiger partial charge is 0.258 e. The molecule has 0 heterocycles. The molecule has 4 N–H and O–H groups in total. The molecule has 63 heavy (non-hydrogen) atoms. The van der Waals surface area contributed by atoms with E-state index in [2.05, 4.69) is 41.7 Å². The molecular weight excluding hydrogens is 965 g/mol. The Hall–Kier alpha value is -5.65. The maximum atomic E-state index is 13.4. The maximum absolute atomic E-state index is 13.4. The summed E-state index contributed by atoms with van der Waals surface area (Å²) in [4.78, 5) is 78.0. The van der Waals surface area contributed by atoms with Crippen LogP contribution in [0.2, 0.25) is 30.1 Å². The topological polar surface area (TPSA) is 209 Å². The summed E-state index contributed by atoms with van der Waals surface area (Å²) in [5.41, 5.74) is 0.471. The molecule has 5 aromatic carbocycles. The van der Waals surface area contributed by atoms with Gasteiger partial charge in [-0.1, -0.05) is 105 Å². The van der Waals surface area contributed by atoms with Crippen molar-refractivity contribution in [2.45, 2.75) is 25.9 Å². The van der Waals surface area contributed by atoms with Crippen molar-refractivity contribution in [1.29, 1.82) is 0 Å². The highest BCUT2D eigenvalue weighted by Gasteiger charge is 2.27. The minimum absolute atomic E-state index is 0.00970. The fourth-order valence-electron chi connectivity index (χ4n) is 5.29. The third kappa shape index (κ3) is 12.3. The van der Waals surface area contributed by atoms with Crippen LogP contribution in [-0.4, -0.2) is 53.3 Å². The number of amides is 4. The predicted molar refractivity (Wildman–Crippen MR) is 245 cm³/mol. The van der Waals surface area contributed by atoms with Gasteiger partial charge in [0.25, 0.3) is 23.6 Å². The van der Waals surface area contributed by atoms with E-state index in [1.54, 1.807) is 30.3 Å². The Balaban J connectivity index is 1.28. The van der Waals surface area contributed by atoms with Crippen molar-refractivity contribution in [3.63, 3.8) is 0 Å². The molecule has 5 aromatic rings. The first-order chi connectivity index (χ1) is 30.0. The van der Waals surface area contributed by atoms with Crippen LogP contribution in [0.25, 0.3) is 0 Å². The lowest BCUT2D eigenvalue weighted by Crippen LogP contribution is -2.32. The molecule has 2 atom stereocenters. The Labute approximate surface area is 393 Å². The number of anilines is 4. The molecule has 0 spiro atoms. The van der Waals surface area contributed by atoms with Gasteiger partial charge in [-0.05, 0) is 74.5 Å². The zero-order chi connectivity index (χ0) is 46.0. The highest BCUT2D eigenvalue weighted by molar-refractivity contribution is 6.45. The quantitative estimate of drug-likeness (QED) is 0.0426. The number of alkyl halides is 1. The summed E-state index contributed by atoms with van der Waals surface area (Å²) in [6.45, 7) is 2.23. The van der Waals surface area contributed by atoms with Crippen molar-refractivity contribution < 1.29 is 33.5 Å². The van der Waals surface area contributed by atoms with Gasteiger partial charge in [0, 0.05) is 11.8 Å². The van der Waals surface area contributed by atoms with Crippen molar-refractivity contribution in [3.8, 4) is 5.75 Å². The molecule has 5 rings (SSSR count). The van der Waals surface area contributed by atoms with Gasteiger partial charge in [0.2, 0.25) is 12.1 Å². The van der Waals surface area contributed by atoms with Crippen LogP contribution in [0.15, 0.2) is 111 Å². The van der Waals surface area contributed by atoms with E-state index in [-0.39, 0.29) is 81.1 Å². The van der Waals surface area contributed by atoms with E-state index >= 15 is 0 Å². The molecule has 324 valence electrons. The monoisotopic (exact) mass is 990 g/mol. The van der Waals surface area contributed by atoms with Gasteiger partial charge in [-0.3, -0.25) is 28.8 Å². The molecule has 4 amide bonds. The van der Waals surface area contributed by atoms with Crippen molar-refractivity contribution in [2.75, 3.05) is 27.3 Å². The zero-order valence-electron chi connectivity index (χ0n) is 32.3. The van der Waals surface area contributed by atoms with Crippen LogP contribution in [0.5, 0.6) is 5.75 Å². The number of carbonyl (C=O) groups excluding carboxylic acids is 6. The van der Waals surface area contributed by atoms with E-state index in [1.807, 2.05) is 0 Å². The van der Waals surface area contributed by atoms with Crippen LogP contribution in [0.3, 0.4) is 0 Å². The number of nitrogens with one attached hydrogen (secondary N) is 4. The molecule has 0 saturated heterocycles. The molecule has 0 aliphatic heterocycles. The molecule has 0 bridgehead atoms. The number of carbonyl (C=O) groups is 6. The third-order valence-electron chi connectivity index (χ3n) is 8.39. The maximum Gasteiger partial charge on any atom is 0.258 e. The van der Waals surface area contributed by atoms with E-state index in [0.29, 0.717) is 0 Å². The largest absolute Gasteiger partial charge is 0.476 e. The SMILES string of the molecule is CC(=O)C(N=Nc1cccc(C(=O)Nc2cccc(Cl)c2Cl)c1Cl)C(=O)Nc1ccc(NC(=O)C(N=Nc2cccc(C(=O)Nc3cccc(Cl)c3Cl)c2Cl)C(C)=O)c(OCCl)c1. The predicted octanol–water partition coefficient (Wildman–Crippen LogP) is 12.0. The number of ether oxygens (including phenoxy) is 1. The number of hydrogen-bond donors (Lipinski definition) is 4. The number of benzene rings is 5. The molecule has 0 aliphatic carbocycles. The zero-order valence-corrected chi connectivity index (χ0v) is 37.6. The number of halogens is 7. The number of Topliss-reactive ketones (excluding diaryl/α,β-unsaturated/α-hetero) is 2. The summed E-state index contributed by atoms with van der Waals surface area (Å²) in [6.07, 6.45) is 0. The van der Waals surface area contributed by atoms with E-state index in [9.17, 15) is 28.8 Å². The highest BCUT2D eigenvalue weighted by Crippen LogP contribution is 2.35. The van der Waals surface area contributed by atoms with Crippen molar-refractivity contribution in [3.05, 3.63) is 132 Å². The number of nitrogens with zero attached hydrogens (tertiary/aromatic N) is 4. The molecule has 0 fully saturated rings. The fraction of sp³-hybridized carbons (Fsp3) is 0.122. The summed E-state index contributed by atoms with van der Waals surface area (Å²) in [5.74, 6) is -4.59. The third-order valence-corrected chi connectivity index (χ3v) is 10.9. The summed E-state index contributed by atoms with van der Waals surface area (Å²) in [6, 6.07) is 18.1. The molecular formula is C41H29Cl7N8O7. The first kappa shape index (κ1) is 48.4. The van der Waals surface area contributed by atoms with Gasteiger partial charge in [0.05, 0.1) is 58.3 Å². The minimum Gasteiger partial charge on any atom is -0.476 e. The molecule has 0 saturated carbocycles. The van der Waals surface area contributed by atoms with E-state index in [1.165, 1.54) is 60.7 Å². The number of rotatable bonds is 16. The van der Waals surface area contributed by atoms with Crippen LogP contribution in [-0.2, 0) is 19.2 Å². The van der Waals surface area contributed by atoms with Crippen LogP contribution >= 0.6 is 81.2 Å². The normalized spacial score (nSPS) is 12.1. The lowest BCUT2D eigenvalue weighted by Gasteiger charge is -2.15. The van der Waals surface area contributed by atoms with Gasteiger partial charge < -0.3 is 26.0 Å². The van der Waals surface area contributed by atoms with Gasteiger partial charge in [-0.15, -0.1) is 0 Å². The molecule has 2 unspecified atom stereocenters. The van der Waals surface area contributed by atoms with Gasteiger partial charge >= 0.3 is 0 Å². The molecule has 22 heteroatoms. The first-order valence-corrected chi connectivity index (χ1v) is 20.7. The highest BCUT2D eigenvalue weighted by atomic mass is 35.5. The second-order valence-corrected chi connectivity index (χ2v) is 15.3. The Kier molecular flexibility index (Phi) is 17.0. The number of hydrogen-bond acceptors (Lipinski definition) is 11. The lowest BCUT2D eigenvalue weighted by atomic mass is 10.1. The van der Waals surface area contributed by atoms with Crippen LogP contribution < -0.4 is 26.0 Å². The van der Waals surface area contributed by atoms with Crippen LogP contribution in [0, 0.1) is 0 Å². The Morgan fingerprint density at radius 2 is 0.984 bits per heavy atom. The number of azo groups is 2. The summed E-state index contributed by atoms with van der Waals surface area (Å²) >= 11 is 43.3. The van der Waals surface area contributed by atoms with Gasteiger partial charge in [-0.2, -0.15) is 20.5 Å². The second-order valence-electron chi connectivity index (χ2n) is 12.8. The van der Waals surface area contributed by atoms with Crippen molar-refractivity contribution in [1.82, 2.24) is 0 Å². The first-order valence-electron chi connectivity index (χ1n) is 17.9. The Morgan fingerprint density at radius 1 is 0.540 bits per heavy atom. The van der Waals surface area contributed by atoms with Crippen LogP contribution in [0.1, 0.15) is 34.6 Å². The molecule has 15 nitrogen and oxygen atoms in total. The molecule has 0 aliphatic rings. The fourth-order valence-corrected chi connectivity index (χ4v) is 6.61. The van der Waals surface area contributed by atoms with E-state index in [4.69, 9.17) is 85.9 Å². The van der Waals surface area contributed by atoms with Gasteiger partial charge in [-0.25, -0.2) is 0 Å². The average Bonchev–Trinajstić information content (AvgIpc) is 3.23. The summed E-state index contributed by atoms with van der Waals surface area (Å²) in [7, 11) is 0. The molecule has 0 radical (unpaired) electrons. The Morgan fingerprint density at radius 3 is 1.43 bits per heavy atom. The summed E-state index contributed by atoms with van der Waals surface area (Å²) in [5, 5.41) is 26.5. The van der Waals surface area contributed by atoms with E-state index < -0.39 is 53.3 Å². The van der Waals surface area contributed by atoms with Crippen molar-refractivity contribution >= 4 is 151 Å². The second kappa shape index (κ2) is 22.1. The van der Waals surface area contributed by atoms with Gasteiger partial charge in [0.15, 0.2) is 17.6 Å². The number of ketones is 2.